The molecule has 1 aromatic carbocycles. The number of fused-ring (bicyclic) bond motifs is 1. The minimum Gasteiger partial charge on any atom is -0.465 e. The quantitative estimate of drug-likeness (QED) is 0.447. The van der Waals surface area contributed by atoms with Gasteiger partial charge in [0.2, 0.25) is 5.91 Å². The van der Waals surface area contributed by atoms with Gasteiger partial charge in [0, 0.05) is 19.5 Å². The zero-order valence-corrected chi connectivity index (χ0v) is 12.2. The molecule has 8 nitrogen and oxygen atoms in total. The van der Waals surface area contributed by atoms with Crippen LogP contribution in [0.25, 0.3) is 11.1 Å². The van der Waals surface area contributed by atoms with Gasteiger partial charge in [-0.25, -0.2) is 4.79 Å². The summed E-state index contributed by atoms with van der Waals surface area (Å²) in [6.07, 6.45) is 3.80. The van der Waals surface area contributed by atoms with Gasteiger partial charge in [-0.15, -0.1) is 12.3 Å². The molecule has 0 radical (unpaired) electrons. The number of hydrogen-bond acceptors (Lipinski definition) is 5. The molecule has 1 heterocycles. The minimum atomic E-state index is -1.30. The summed E-state index contributed by atoms with van der Waals surface area (Å²) in [4.78, 5) is 26.6. The van der Waals surface area contributed by atoms with E-state index in [0.717, 1.165) is 5.52 Å². The normalized spacial score (nSPS) is 11.4. The van der Waals surface area contributed by atoms with Gasteiger partial charge < -0.3 is 25.5 Å². The second-order valence-corrected chi connectivity index (χ2v) is 4.61. The summed E-state index contributed by atoms with van der Waals surface area (Å²) < 4.78 is 5.46. The van der Waals surface area contributed by atoms with Crippen molar-refractivity contribution in [1.29, 1.82) is 0 Å². The summed E-state index contributed by atoms with van der Waals surface area (Å²) in [5.41, 5.74) is 1.40. The second-order valence-electron chi connectivity index (χ2n) is 4.61. The van der Waals surface area contributed by atoms with E-state index in [1.807, 2.05) is 18.2 Å². The summed E-state index contributed by atoms with van der Waals surface area (Å²) in [5.74, 6) is 1.78. The Hall–Kier alpha value is -3.21. The number of rotatable bonds is 7. The van der Waals surface area contributed by atoms with Crippen LogP contribution in [0.1, 0.15) is 6.42 Å². The molecule has 1 aromatic heterocycles. The maximum atomic E-state index is 11.8. The zero-order chi connectivity index (χ0) is 16.7. The minimum absolute atomic E-state index is 0.0172. The van der Waals surface area contributed by atoms with Gasteiger partial charge in [0.05, 0.1) is 0 Å². The van der Waals surface area contributed by atoms with Crippen molar-refractivity contribution in [3.05, 3.63) is 24.3 Å². The average Bonchev–Trinajstić information content (AvgIpc) is 2.93. The molecule has 0 aliphatic rings. The van der Waals surface area contributed by atoms with Crippen LogP contribution in [0.5, 0.6) is 0 Å². The molecule has 0 aliphatic carbocycles. The Morgan fingerprint density at radius 1 is 1.35 bits per heavy atom. The number of nitrogens with one attached hydrogen (secondary N) is 3. The molecular formula is C15H16N4O4. The van der Waals surface area contributed by atoms with Gasteiger partial charge in [0.15, 0.2) is 5.58 Å². The molecule has 1 unspecified atom stereocenters. The molecular weight excluding hydrogens is 300 g/mol. The van der Waals surface area contributed by atoms with Crippen molar-refractivity contribution < 1.29 is 19.1 Å². The van der Waals surface area contributed by atoms with Crippen molar-refractivity contribution in [2.24, 2.45) is 0 Å². The first kappa shape index (κ1) is 16.2. The van der Waals surface area contributed by atoms with E-state index in [9.17, 15) is 9.59 Å². The molecule has 0 bridgehead atoms. The summed E-state index contributed by atoms with van der Waals surface area (Å²) in [6, 6.07) is 6.71. The highest BCUT2D eigenvalue weighted by Gasteiger charge is 2.18. The van der Waals surface area contributed by atoms with Crippen molar-refractivity contribution in [2.45, 2.75) is 12.5 Å². The molecule has 0 fully saturated rings. The van der Waals surface area contributed by atoms with Crippen LogP contribution in [0.15, 0.2) is 28.7 Å². The number of hydrogen-bond donors (Lipinski definition) is 4. The van der Waals surface area contributed by atoms with Crippen LogP contribution in [0, 0.1) is 12.3 Å². The molecule has 2 rings (SSSR count). The molecule has 2 amide bonds. The highest BCUT2D eigenvalue weighted by atomic mass is 16.4. The summed E-state index contributed by atoms with van der Waals surface area (Å²) >= 11 is 0. The molecule has 0 saturated carbocycles. The van der Waals surface area contributed by atoms with Crippen LogP contribution < -0.4 is 16.0 Å². The number of para-hydroxylation sites is 2. The van der Waals surface area contributed by atoms with Crippen LogP contribution in [-0.2, 0) is 4.79 Å². The van der Waals surface area contributed by atoms with E-state index < -0.39 is 18.0 Å². The highest BCUT2D eigenvalue weighted by molar-refractivity contribution is 5.85. The molecule has 8 heteroatoms. The van der Waals surface area contributed by atoms with Crippen LogP contribution in [-0.4, -0.2) is 41.2 Å². The Kier molecular flexibility index (Phi) is 5.41. The number of nitrogens with zero attached hydrogens (tertiary/aromatic N) is 1. The van der Waals surface area contributed by atoms with E-state index in [2.05, 4.69) is 26.9 Å². The van der Waals surface area contributed by atoms with Crippen LogP contribution in [0.2, 0.25) is 0 Å². The Balaban J connectivity index is 1.78. The lowest BCUT2D eigenvalue weighted by atomic mass is 10.2. The van der Waals surface area contributed by atoms with Crippen LogP contribution >= 0.6 is 0 Å². The molecule has 1 atom stereocenters. The Morgan fingerprint density at radius 2 is 2.13 bits per heavy atom. The van der Waals surface area contributed by atoms with Gasteiger partial charge in [0.25, 0.3) is 6.01 Å². The standard InChI is InChI=1S/C15H16N4O4/c1-2-5-11(19-15(21)22)13(20)16-8-9-17-14-18-10-6-3-4-7-12(10)23-14/h1,3-4,6-7,11,19H,5,8-9H2,(H,16,20)(H,17,18)(H,21,22). The topological polar surface area (TPSA) is 116 Å². The van der Waals surface area contributed by atoms with E-state index in [1.165, 1.54) is 0 Å². The molecule has 4 N–H and O–H groups in total. The summed E-state index contributed by atoms with van der Waals surface area (Å²) in [7, 11) is 0. The third-order valence-electron chi connectivity index (χ3n) is 2.93. The fourth-order valence-electron chi connectivity index (χ4n) is 1.90. The first-order valence-corrected chi connectivity index (χ1v) is 6.90. The lowest BCUT2D eigenvalue weighted by Crippen LogP contribution is -2.47. The molecule has 23 heavy (non-hydrogen) atoms. The number of carbonyl (C=O) groups is 2. The van der Waals surface area contributed by atoms with Gasteiger partial charge in [0.1, 0.15) is 11.6 Å². The van der Waals surface area contributed by atoms with Crippen molar-refractivity contribution in [3.8, 4) is 12.3 Å². The molecule has 0 spiro atoms. The number of aromatic nitrogens is 1. The summed E-state index contributed by atoms with van der Waals surface area (Å²) in [5, 5.41) is 16.2. The number of anilines is 1. The number of oxazole rings is 1. The van der Waals surface area contributed by atoms with Crippen LogP contribution in [0.4, 0.5) is 10.8 Å². The smallest absolute Gasteiger partial charge is 0.405 e. The van der Waals surface area contributed by atoms with Gasteiger partial charge in [-0.2, -0.15) is 4.98 Å². The molecule has 120 valence electrons. The average molecular weight is 316 g/mol. The number of carbonyl (C=O) groups excluding carboxylic acids is 1. The maximum absolute atomic E-state index is 11.8. The Morgan fingerprint density at radius 3 is 2.83 bits per heavy atom. The third kappa shape index (κ3) is 4.64. The van der Waals surface area contributed by atoms with E-state index >= 15 is 0 Å². The van der Waals surface area contributed by atoms with Gasteiger partial charge in [-0.1, -0.05) is 12.1 Å². The lowest BCUT2D eigenvalue weighted by Gasteiger charge is -2.14. The van der Waals surface area contributed by atoms with E-state index in [4.69, 9.17) is 15.9 Å². The monoisotopic (exact) mass is 316 g/mol. The number of benzene rings is 1. The van der Waals surface area contributed by atoms with E-state index in [-0.39, 0.29) is 13.0 Å². The van der Waals surface area contributed by atoms with Crippen molar-refractivity contribution in [1.82, 2.24) is 15.6 Å². The zero-order valence-electron chi connectivity index (χ0n) is 12.2. The van der Waals surface area contributed by atoms with Crippen molar-refractivity contribution in [2.75, 3.05) is 18.4 Å². The molecule has 0 aliphatic heterocycles. The number of terminal acetylenes is 1. The second kappa shape index (κ2) is 7.70. The first-order valence-electron chi connectivity index (χ1n) is 6.90. The molecule has 0 saturated heterocycles. The van der Waals surface area contributed by atoms with Crippen LogP contribution in [0.3, 0.4) is 0 Å². The van der Waals surface area contributed by atoms with E-state index in [1.54, 1.807) is 6.07 Å². The molecule has 2 aromatic rings. The van der Waals surface area contributed by atoms with Gasteiger partial charge in [-0.05, 0) is 12.1 Å². The number of carboxylic acid groups (broad SMARTS) is 1. The third-order valence-corrected chi connectivity index (χ3v) is 2.93. The highest BCUT2D eigenvalue weighted by Crippen LogP contribution is 2.17. The predicted molar refractivity (Wildman–Crippen MR) is 83.9 cm³/mol. The lowest BCUT2D eigenvalue weighted by molar-refractivity contribution is -0.122. The first-order chi connectivity index (χ1) is 11.1. The fraction of sp³-hybridized carbons (Fsp3) is 0.267. The maximum Gasteiger partial charge on any atom is 0.405 e. The number of amides is 2. The Bertz CT molecular complexity index is 701. The SMILES string of the molecule is C#CCC(NC(=O)O)C(=O)NCCNc1nc2ccccc2o1. The Labute approximate surface area is 132 Å². The van der Waals surface area contributed by atoms with Crippen molar-refractivity contribution >= 4 is 29.1 Å². The summed E-state index contributed by atoms with van der Waals surface area (Å²) in [6.45, 7) is 0.633. The fourth-order valence-corrected chi connectivity index (χ4v) is 1.90. The van der Waals surface area contributed by atoms with Gasteiger partial charge in [-0.3, -0.25) is 4.79 Å². The van der Waals surface area contributed by atoms with E-state index in [0.29, 0.717) is 18.1 Å². The van der Waals surface area contributed by atoms with Gasteiger partial charge >= 0.3 is 6.09 Å². The van der Waals surface area contributed by atoms with Crippen molar-refractivity contribution in [3.63, 3.8) is 0 Å². The predicted octanol–water partition coefficient (Wildman–Crippen LogP) is 1.02. The largest absolute Gasteiger partial charge is 0.465 e.